The fourth-order valence-corrected chi connectivity index (χ4v) is 5.53. The number of nitrogens with one attached hydrogen (secondary N) is 1. The SMILES string of the molecule is CCC(C(=O)Nc1c(C(N)=O)sc2nc(C(F)F)cc(-c3ccc(C)s3)c12)n1cc(Cl)cn1. The second-order valence-electron chi connectivity index (χ2n) is 7.21. The van der Waals surface area contributed by atoms with Gasteiger partial charge in [-0.25, -0.2) is 13.8 Å². The van der Waals surface area contributed by atoms with Crippen LogP contribution in [0, 0.1) is 6.92 Å². The van der Waals surface area contributed by atoms with Crippen molar-refractivity contribution in [3.8, 4) is 10.4 Å². The summed E-state index contributed by atoms with van der Waals surface area (Å²) >= 11 is 8.22. The lowest BCUT2D eigenvalue weighted by molar-refractivity contribution is -0.119. The number of halogens is 3. The molecule has 0 saturated carbocycles. The monoisotopic (exact) mass is 509 g/mol. The maximum absolute atomic E-state index is 13.6. The summed E-state index contributed by atoms with van der Waals surface area (Å²) in [6.07, 6.45) is 0.522. The Kier molecular flexibility index (Phi) is 6.46. The first-order chi connectivity index (χ1) is 15.7. The molecule has 7 nitrogen and oxygen atoms in total. The Bertz CT molecular complexity index is 1360. The normalized spacial score (nSPS) is 12.4. The molecule has 12 heteroatoms. The highest BCUT2D eigenvalue weighted by atomic mass is 35.5. The lowest BCUT2D eigenvalue weighted by Crippen LogP contribution is -2.27. The van der Waals surface area contributed by atoms with Gasteiger partial charge in [-0.15, -0.1) is 22.7 Å². The number of amides is 2. The molecule has 1 atom stereocenters. The van der Waals surface area contributed by atoms with Crippen LogP contribution in [-0.4, -0.2) is 26.6 Å². The Morgan fingerprint density at radius 3 is 2.61 bits per heavy atom. The van der Waals surface area contributed by atoms with Crippen molar-refractivity contribution >= 4 is 62.0 Å². The molecule has 0 bridgehead atoms. The molecular weight excluding hydrogens is 492 g/mol. The number of nitrogens with two attached hydrogens (primary N) is 1. The molecule has 3 N–H and O–H groups in total. The molecule has 4 aromatic rings. The van der Waals surface area contributed by atoms with Crippen LogP contribution in [0.15, 0.2) is 30.6 Å². The molecule has 172 valence electrons. The molecule has 1 unspecified atom stereocenters. The van der Waals surface area contributed by atoms with Gasteiger partial charge in [-0.3, -0.25) is 14.3 Å². The highest BCUT2D eigenvalue weighted by molar-refractivity contribution is 7.21. The van der Waals surface area contributed by atoms with Crippen molar-refractivity contribution in [2.75, 3.05) is 5.32 Å². The maximum atomic E-state index is 13.6. The van der Waals surface area contributed by atoms with Crippen molar-refractivity contribution in [2.45, 2.75) is 32.7 Å². The van der Waals surface area contributed by atoms with Crippen LogP contribution in [0.2, 0.25) is 5.02 Å². The number of carbonyl (C=O) groups excluding carboxylic acids is 2. The third-order valence-electron chi connectivity index (χ3n) is 4.96. The number of hydrogen-bond acceptors (Lipinski definition) is 6. The van der Waals surface area contributed by atoms with E-state index in [2.05, 4.69) is 15.4 Å². The summed E-state index contributed by atoms with van der Waals surface area (Å²) in [5.41, 5.74) is 5.76. The number of aromatic nitrogens is 3. The maximum Gasteiger partial charge on any atom is 0.280 e. The van der Waals surface area contributed by atoms with E-state index in [-0.39, 0.29) is 15.4 Å². The van der Waals surface area contributed by atoms with E-state index in [0.29, 0.717) is 27.3 Å². The van der Waals surface area contributed by atoms with Gasteiger partial charge in [0.2, 0.25) is 5.91 Å². The number of anilines is 1. The number of rotatable bonds is 7. The number of fused-ring (bicyclic) bond motifs is 1. The van der Waals surface area contributed by atoms with Crippen molar-refractivity contribution < 1.29 is 18.4 Å². The Morgan fingerprint density at radius 1 is 1.30 bits per heavy atom. The van der Waals surface area contributed by atoms with Gasteiger partial charge in [0.05, 0.1) is 16.9 Å². The summed E-state index contributed by atoms with van der Waals surface area (Å²) in [4.78, 5) is 31.4. The molecule has 4 aromatic heterocycles. The van der Waals surface area contributed by atoms with E-state index in [1.807, 2.05) is 13.0 Å². The molecule has 0 aliphatic heterocycles. The number of alkyl halides is 2. The third kappa shape index (κ3) is 4.48. The third-order valence-corrected chi connectivity index (χ3v) is 7.29. The second kappa shape index (κ2) is 9.16. The van der Waals surface area contributed by atoms with Crippen molar-refractivity contribution in [1.29, 1.82) is 0 Å². The topological polar surface area (TPSA) is 103 Å². The Balaban J connectivity index is 1.90. The van der Waals surface area contributed by atoms with Crippen molar-refractivity contribution in [1.82, 2.24) is 14.8 Å². The van der Waals surface area contributed by atoms with E-state index in [1.165, 1.54) is 34.5 Å². The van der Waals surface area contributed by atoms with Crippen LogP contribution in [0.3, 0.4) is 0 Å². The van der Waals surface area contributed by atoms with Crippen molar-refractivity contribution in [3.63, 3.8) is 0 Å². The van der Waals surface area contributed by atoms with E-state index in [1.54, 1.807) is 13.0 Å². The standard InChI is InChI=1S/C21H18ClF2N5O2S2/c1-3-13(29-8-10(22)7-26-29)20(31)28-16-15-11(14-5-4-9(2)32-14)6-12(18(23)24)27-21(15)33-17(16)19(25)30/h4-8,13,18H,3H2,1-2H3,(H2,25,30)(H,28,31). The number of hydrogen-bond donors (Lipinski definition) is 2. The first-order valence-electron chi connectivity index (χ1n) is 9.82. The van der Waals surface area contributed by atoms with Crippen LogP contribution < -0.4 is 11.1 Å². The van der Waals surface area contributed by atoms with E-state index in [4.69, 9.17) is 17.3 Å². The molecule has 0 aliphatic rings. The van der Waals surface area contributed by atoms with Gasteiger partial charge in [0.25, 0.3) is 12.3 Å². The van der Waals surface area contributed by atoms with Crippen LogP contribution in [0.5, 0.6) is 0 Å². The van der Waals surface area contributed by atoms with Crippen LogP contribution in [-0.2, 0) is 4.79 Å². The summed E-state index contributed by atoms with van der Waals surface area (Å²) in [5.74, 6) is -1.25. The summed E-state index contributed by atoms with van der Waals surface area (Å²) in [5, 5.41) is 7.64. The Hall–Kier alpha value is -2.89. The number of primary amides is 1. The number of carbonyl (C=O) groups is 2. The molecule has 0 saturated heterocycles. The van der Waals surface area contributed by atoms with Crippen LogP contribution in [0.1, 0.15) is 46.1 Å². The van der Waals surface area contributed by atoms with Crippen molar-refractivity contribution in [2.24, 2.45) is 5.73 Å². The van der Waals surface area contributed by atoms with Gasteiger partial charge in [-0.05, 0) is 31.5 Å². The van der Waals surface area contributed by atoms with Gasteiger partial charge in [-0.1, -0.05) is 18.5 Å². The van der Waals surface area contributed by atoms with E-state index in [9.17, 15) is 18.4 Å². The predicted molar refractivity (Wildman–Crippen MR) is 126 cm³/mol. The molecular formula is C21H18ClF2N5O2S2. The van der Waals surface area contributed by atoms with Crippen molar-refractivity contribution in [3.05, 3.63) is 51.1 Å². The lowest BCUT2D eigenvalue weighted by atomic mass is 10.1. The lowest BCUT2D eigenvalue weighted by Gasteiger charge is -2.16. The number of aryl methyl sites for hydroxylation is 1. The molecule has 0 aromatic carbocycles. The molecule has 0 radical (unpaired) electrons. The number of nitrogens with zero attached hydrogens (tertiary/aromatic N) is 3. The number of thiophene rings is 2. The summed E-state index contributed by atoms with van der Waals surface area (Å²) < 4.78 is 28.6. The molecule has 33 heavy (non-hydrogen) atoms. The van der Waals surface area contributed by atoms with Crippen LogP contribution in [0.4, 0.5) is 14.5 Å². The minimum Gasteiger partial charge on any atom is -0.365 e. The quantitative estimate of drug-likeness (QED) is 0.328. The first kappa shape index (κ1) is 23.3. The molecule has 2 amide bonds. The summed E-state index contributed by atoms with van der Waals surface area (Å²) in [6, 6.07) is 4.24. The minimum atomic E-state index is -2.81. The van der Waals surface area contributed by atoms with Gasteiger partial charge in [0.1, 0.15) is 21.4 Å². The van der Waals surface area contributed by atoms with Gasteiger partial charge >= 0.3 is 0 Å². The largest absolute Gasteiger partial charge is 0.365 e. The van der Waals surface area contributed by atoms with Crippen LogP contribution >= 0.6 is 34.3 Å². The zero-order valence-corrected chi connectivity index (χ0v) is 19.8. The molecule has 0 fully saturated rings. The second-order valence-corrected chi connectivity index (χ2v) is 9.93. The van der Waals surface area contributed by atoms with Gasteiger partial charge < -0.3 is 11.1 Å². The van der Waals surface area contributed by atoms with Gasteiger partial charge in [0.15, 0.2) is 0 Å². The van der Waals surface area contributed by atoms with Crippen LogP contribution in [0.25, 0.3) is 20.7 Å². The van der Waals surface area contributed by atoms with Gasteiger partial charge in [0, 0.05) is 26.9 Å². The van der Waals surface area contributed by atoms with Gasteiger partial charge in [-0.2, -0.15) is 5.10 Å². The smallest absolute Gasteiger partial charge is 0.280 e. The average molecular weight is 510 g/mol. The minimum absolute atomic E-state index is 0.0279. The molecule has 4 rings (SSSR count). The summed E-state index contributed by atoms with van der Waals surface area (Å²) in [6.45, 7) is 3.70. The van der Waals surface area contributed by atoms with E-state index < -0.39 is 30.0 Å². The molecule has 0 spiro atoms. The zero-order chi connectivity index (χ0) is 23.9. The highest BCUT2D eigenvalue weighted by Crippen LogP contribution is 2.44. The van der Waals surface area contributed by atoms with E-state index in [0.717, 1.165) is 16.2 Å². The average Bonchev–Trinajstić information content (AvgIpc) is 3.47. The predicted octanol–water partition coefficient (Wildman–Crippen LogP) is 5.81. The fraction of sp³-hybridized carbons (Fsp3) is 0.238. The first-order valence-corrected chi connectivity index (χ1v) is 11.8. The zero-order valence-electron chi connectivity index (χ0n) is 17.4. The molecule has 0 aliphatic carbocycles. The van der Waals surface area contributed by atoms with E-state index >= 15 is 0 Å². The Morgan fingerprint density at radius 2 is 2.06 bits per heavy atom. The highest BCUT2D eigenvalue weighted by Gasteiger charge is 2.28. The Labute approximate surface area is 200 Å². The summed E-state index contributed by atoms with van der Waals surface area (Å²) in [7, 11) is 0. The molecule has 4 heterocycles. The fourth-order valence-electron chi connectivity index (χ4n) is 3.48. The number of pyridine rings is 1.